The molecular weight excluding hydrogens is 189 g/mol. The van der Waals surface area contributed by atoms with Gasteiger partial charge in [0.15, 0.2) is 5.82 Å². The summed E-state index contributed by atoms with van der Waals surface area (Å²) in [6, 6.07) is -0.161. The molecule has 0 aromatic carbocycles. The average molecular weight is 200 g/mol. The Kier molecular flexibility index (Phi) is 6.46. The van der Waals surface area contributed by atoms with E-state index in [1.165, 1.54) is 0 Å². The van der Waals surface area contributed by atoms with Gasteiger partial charge in [0, 0.05) is 0 Å². The van der Waals surface area contributed by atoms with Gasteiger partial charge in [0.25, 0.3) is 0 Å². The molecule has 0 amide bonds. The van der Waals surface area contributed by atoms with E-state index in [0.29, 0.717) is 11.7 Å². The molecule has 0 bridgehead atoms. The Morgan fingerprint density at radius 2 is 2.00 bits per heavy atom. The zero-order valence-electron chi connectivity index (χ0n) is 6.27. The number of nitrogens with two attached hydrogens (primary N) is 1. The molecule has 66 valence electrons. The summed E-state index contributed by atoms with van der Waals surface area (Å²) in [6.45, 7) is 3.56. The van der Waals surface area contributed by atoms with Crippen LogP contribution >= 0.6 is 24.8 Å². The molecule has 0 saturated heterocycles. The molecule has 0 aliphatic heterocycles. The van der Waals surface area contributed by atoms with E-state index in [9.17, 15) is 0 Å². The molecule has 1 atom stereocenters. The smallest absolute Gasteiger partial charge is 0.243 e. The summed E-state index contributed by atoms with van der Waals surface area (Å²) in [6.07, 6.45) is 0. The van der Waals surface area contributed by atoms with E-state index in [-0.39, 0.29) is 30.9 Å². The van der Waals surface area contributed by atoms with Crippen molar-refractivity contribution in [2.75, 3.05) is 0 Å². The van der Waals surface area contributed by atoms with Crippen molar-refractivity contribution in [1.29, 1.82) is 0 Å². The van der Waals surface area contributed by atoms with Gasteiger partial charge in [0.1, 0.15) is 0 Å². The number of rotatable bonds is 1. The van der Waals surface area contributed by atoms with Crippen molar-refractivity contribution in [3.8, 4) is 0 Å². The molecule has 0 spiro atoms. The third-order valence-electron chi connectivity index (χ3n) is 0.933. The summed E-state index contributed by atoms with van der Waals surface area (Å²) >= 11 is 0. The van der Waals surface area contributed by atoms with Crippen LogP contribution in [-0.2, 0) is 0 Å². The van der Waals surface area contributed by atoms with Crippen LogP contribution in [0.3, 0.4) is 0 Å². The fourth-order valence-electron chi connectivity index (χ4n) is 0.498. The van der Waals surface area contributed by atoms with Gasteiger partial charge >= 0.3 is 0 Å². The summed E-state index contributed by atoms with van der Waals surface area (Å²) in [5, 5.41) is 3.57. The lowest BCUT2D eigenvalue weighted by molar-refractivity contribution is 0.358. The van der Waals surface area contributed by atoms with Crippen LogP contribution in [0, 0.1) is 6.92 Å². The fourth-order valence-corrected chi connectivity index (χ4v) is 0.498. The Labute approximate surface area is 77.4 Å². The molecule has 1 aromatic heterocycles. The number of nitrogens with zero attached hydrogens (tertiary/aromatic N) is 2. The molecule has 1 aromatic rings. The maximum Gasteiger partial charge on any atom is 0.243 e. The molecular formula is C5H11Cl2N3O. The molecule has 1 rings (SSSR count). The summed E-state index contributed by atoms with van der Waals surface area (Å²) in [7, 11) is 0. The molecule has 0 aliphatic carbocycles. The van der Waals surface area contributed by atoms with Gasteiger partial charge in [0.05, 0.1) is 6.04 Å². The van der Waals surface area contributed by atoms with E-state index in [2.05, 4.69) is 10.1 Å². The molecule has 0 saturated carbocycles. The summed E-state index contributed by atoms with van der Waals surface area (Å²) in [4.78, 5) is 3.91. The molecule has 1 unspecified atom stereocenters. The van der Waals surface area contributed by atoms with Crippen LogP contribution in [0.1, 0.15) is 24.7 Å². The van der Waals surface area contributed by atoms with E-state index >= 15 is 0 Å². The van der Waals surface area contributed by atoms with Crippen LogP contribution in [0.5, 0.6) is 0 Å². The first-order valence-corrected chi connectivity index (χ1v) is 2.76. The van der Waals surface area contributed by atoms with Gasteiger partial charge < -0.3 is 10.3 Å². The third-order valence-corrected chi connectivity index (χ3v) is 0.933. The monoisotopic (exact) mass is 199 g/mol. The summed E-state index contributed by atoms with van der Waals surface area (Å²) < 4.78 is 4.74. The first-order valence-electron chi connectivity index (χ1n) is 2.76. The lowest BCUT2D eigenvalue weighted by Crippen LogP contribution is -2.04. The zero-order valence-corrected chi connectivity index (χ0v) is 7.91. The quantitative estimate of drug-likeness (QED) is 0.740. The Morgan fingerprint density at radius 1 is 1.45 bits per heavy atom. The highest BCUT2D eigenvalue weighted by molar-refractivity contribution is 5.85. The van der Waals surface area contributed by atoms with Crippen molar-refractivity contribution in [2.24, 2.45) is 5.73 Å². The molecule has 6 heteroatoms. The second-order valence-electron chi connectivity index (χ2n) is 1.97. The Balaban J connectivity index is 0. The Hall–Kier alpha value is -0.320. The maximum absolute atomic E-state index is 5.43. The first kappa shape index (κ1) is 13.3. The molecule has 4 nitrogen and oxygen atoms in total. The van der Waals surface area contributed by atoms with Crippen LogP contribution in [0.15, 0.2) is 4.52 Å². The second-order valence-corrected chi connectivity index (χ2v) is 1.97. The Morgan fingerprint density at radius 3 is 2.18 bits per heavy atom. The van der Waals surface area contributed by atoms with Crippen molar-refractivity contribution in [2.45, 2.75) is 19.9 Å². The van der Waals surface area contributed by atoms with E-state index in [1.54, 1.807) is 13.8 Å². The van der Waals surface area contributed by atoms with Gasteiger partial charge in [0.2, 0.25) is 5.89 Å². The van der Waals surface area contributed by atoms with Gasteiger partial charge in [-0.15, -0.1) is 24.8 Å². The van der Waals surface area contributed by atoms with Crippen molar-refractivity contribution < 1.29 is 4.52 Å². The molecule has 1 heterocycles. The average Bonchev–Trinajstić information content (AvgIpc) is 2.14. The predicted molar refractivity (Wildman–Crippen MR) is 46.1 cm³/mol. The summed E-state index contributed by atoms with van der Waals surface area (Å²) in [5.74, 6) is 1.12. The molecule has 11 heavy (non-hydrogen) atoms. The zero-order chi connectivity index (χ0) is 6.85. The van der Waals surface area contributed by atoms with Crippen LogP contribution in [-0.4, -0.2) is 10.1 Å². The largest absolute Gasteiger partial charge is 0.338 e. The van der Waals surface area contributed by atoms with Gasteiger partial charge in [-0.3, -0.25) is 0 Å². The van der Waals surface area contributed by atoms with E-state index in [1.807, 2.05) is 0 Å². The van der Waals surface area contributed by atoms with Gasteiger partial charge in [-0.1, -0.05) is 5.16 Å². The van der Waals surface area contributed by atoms with Crippen molar-refractivity contribution in [3.05, 3.63) is 11.7 Å². The normalized spacial score (nSPS) is 11.2. The number of hydrogen-bond acceptors (Lipinski definition) is 4. The standard InChI is InChI=1S/C5H9N3O.2ClH/c1-3(6)5-7-4(2)8-9-5;;/h3H,6H2,1-2H3;2*1H. The SMILES string of the molecule is Cc1noc(C(C)N)n1.Cl.Cl. The van der Waals surface area contributed by atoms with E-state index < -0.39 is 0 Å². The first-order chi connectivity index (χ1) is 4.20. The molecule has 2 N–H and O–H groups in total. The van der Waals surface area contributed by atoms with Gasteiger partial charge in [-0.05, 0) is 13.8 Å². The van der Waals surface area contributed by atoms with E-state index in [0.717, 1.165) is 0 Å². The minimum Gasteiger partial charge on any atom is -0.338 e. The van der Waals surface area contributed by atoms with Crippen LogP contribution in [0.4, 0.5) is 0 Å². The number of halogens is 2. The third kappa shape index (κ3) is 3.55. The van der Waals surface area contributed by atoms with Crippen LogP contribution < -0.4 is 5.73 Å². The highest BCUT2D eigenvalue weighted by Crippen LogP contribution is 2.03. The lowest BCUT2D eigenvalue weighted by atomic mass is 10.4. The lowest BCUT2D eigenvalue weighted by Gasteiger charge is -1.91. The van der Waals surface area contributed by atoms with Crippen molar-refractivity contribution in [1.82, 2.24) is 10.1 Å². The Bertz CT molecular complexity index is 201. The number of aryl methyl sites for hydroxylation is 1. The van der Waals surface area contributed by atoms with Crippen LogP contribution in [0.25, 0.3) is 0 Å². The topological polar surface area (TPSA) is 64.9 Å². The minimum absolute atomic E-state index is 0. The minimum atomic E-state index is -0.161. The van der Waals surface area contributed by atoms with Crippen LogP contribution in [0.2, 0.25) is 0 Å². The van der Waals surface area contributed by atoms with E-state index in [4.69, 9.17) is 10.3 Å². The maximum atomic E-state index is 5.43. The molecule has 0 aliphatic rings. The molecule has 0 fully saturated rings. The highest BCUT2D eigenvalue weighted by atomic mass is 35.5. The highest BCUT2D eigenvalue weighted by Gasteiger charge is 2.05. The fraction of sp³-hybridized carbons (Fsp3) is 0.600. The van der Waals surface area contributed by atoms with Gasteiger partial charge in [-0.25, -0.2) is 0 Å². The van der Waals surface area contributed by atoms with Crippen molar-refractivity contribution >= 4 is 24.8 Å². The predicted octanol–water partition coefficient (Wildman–Crippen LogP) is 1.24. The second kappa shape index (κ2) is 5.35. The number of aromatic nitrogens is 2. The van der Waals surface area contributed by atoms with Gasteiger partial charge in [-0.2, -0.15) is 4.98 Å². The van der Waals surface area contributed by atoms with Crippen molar-refractivity contribution in [3.63, 3.8) is 0 Å². The number of hydrogen-bond donors (Lipinski definition) is 1. The summed E-state index contributed by atoms with van der Waals surface area (Å²) in [5.41, 5.74) is 5.43. The molecule has 0 radical (unpaired) electrons.